The van der Waals surface area contributed by atoms with Crippen LogP contribution in [0, 0.1) is 35.0 Å². The van der Waals surface area contributed by atoms with E-state index >= 15 is 0 Å². The van der Waals surface area contributed by atoms with E-state index in [-0.39, 0.29) is 40.8 Å². The molecule has 0 unspecified atom stereocenters. The number of hydrogen-bond donors (Lipinski definition) is 2. The molecule has 9 atom stereocenters. The number of ketones is 2. The van der Waals surface area contributed by atoms with Crippen molar-refractivity contribution < 1.29 is 19.1 Å². The van der Waals surface area contributed by atoms with Gasteiger partial charge in [0.05, 0.1) is 17.7 Å². The highest BCUT2D eigenvalue weighted by atomic mass is 16.5. The van der Waals surface area contributed by atoms with E-state index in [0.29, 0.717) is 61.7 Å². The topological polar surface area (TPSA) is 102 Å². The van der Waals surface area contributed by atoms with E-state index in [2.05, 4.69) is 44.0 Å². The predicted molar refractivity (Wildman–Crippen MR) is 202 cm³/mol. The van der Waals surface area contributed by atoms with Gasteiger partial charge in [-0.1, -0.05) is 68.7 Å². The van der Waals surface area contributed by atoms with Crippen LogP contribution in [0.3, 0.4) is 0 Å². The Morgan fingerprint density at radius 2 is 1.86 bits per heavy atom. The number of aryl methyl sites for hydroxylation is 1. The molecule has 7 nitrogen and oxygen atoms in total. The van der Waals surface area contributed by atoms with Gasteiger partial charge in [0.15, 0.2) is 5.78 Å². The van der Waals surface area contributed by atoms with Crippen LogP contribution < -0.4 is 11.1 Å². The fourth-order valence-electron chi connectivity index (χ4n) is 11.8. The van der Waals surface area contributed by atoms with Crippen molar-refractivity contribution in [3.8, 4) is 0 Å². The Morgan fingerprint density at radius 1 is 1.06 bits per heavy atom. The van der Waals surface area contributed by atoms with Gasteiger partial charge in [-0.15, -0.1) is 0 Å². The van der Waals surface area contributed by atoms with Crippen LogP contribution in [0.2, 0.25) is 0 Å². The fraction of sp³-hybridized carbons (Fsp3) is 0.705. The standard InChI is InChI=1S/C44H63N3O4/c1-28-24-40-42(47(27-28)41(50)16-11-31-9-12-32(13-10-31)39(49)8-6-5-7-22-46-23-21-45)30(3)44(51-40)20-18-35-36-15-14-33-25-34(48)17-19-43(33,4)38(36)26-37(35)29(44)2/h9-10,12-14,28,30,35-36,38,40,42,46H,5-8,11,15-27,45H2,1-4H3/t28-,30+,35-,36-,38-,40+,42-,43-,44-/m0/s1. The van der Waals surface area contributed by atoms with Crippen molar-refractivity contribution in [2.75, 3.05) is 26.2 Å². The lowest BCUT2D eigenvalue weighted by Crippen LogP contribution is -2.54. The summed E-state index contributed by atoms with van der Waals surface area (Å²) in [5.41, 5.74) is 11.8. The quantitative estimate of drug-likeness (QED) is 0.134. The summed E-state index contributed by atoms with van der Waals surface area (Å²) in [6.45, 7) is 12.7. The van der Waals surface area contributed by atoms with Crippen LogP contribution in [0.1, 0.15) is 127 Å². The number of amides is 1. The molecule has 7 heteroatoms. The first kappa shape index (κ1) is 36.7. The Kier molecular flexibility index (Phi) is 10.8. The van der Waals surface area contributed by atoms with Crippen LogP contribution in [0.4, 0.5) is 0 Å². The Labute approximate surface area is 306 Å². The van der Waals surface area contributed by atoms with Crippen LogP contribution in [-0.4, -0.2) is 66.3 Å². The zero-order valence-corrected chi connectivity index (χ0v) is 31.8. The average molecular weight is 698 g/mol. The number of Topliss-reactive ketones (excluding diaryl/α,β-unsaturated/α-hetero) is 2. The number of nitrogens with two attached hydrogens (primary N) is 1. The average Bonchev–Trinajstić information content (AvgIpc) is 3.65. The summed E-state index contributed by atoms with van der Waals surface area (Å²) in [6, 6.07) is 8.06. The second-order valence-corrected chi connectivity index (χ2v) is 17.5. The summed E-state index contributed by atoms with van der Waals surface area (Å²) in [6.07, 6.45) is 15.1. The molecule has 2 aliphatic heterocycles. The second kappa shape index (κ2) is 15.0. The number of allylic oxidation sites excluding steroid dienone is 3. The highest BCUT2D eigenvalue weighted by molar-refractivity contribution is 5.96. The number of nitrogens with zero attached hydrogens (tertiary/aromatic N) is 1. The van der Waals surface area contributed by atoms with E-state index in [4.69, 9.17) is 10.5 Å². The number of carbonyl (C=O) groups excluding carboxylic acids is 3. The molecule has 4 aliphatic carbocycles. The highest BCUT2D eigenvalue weighted by Crippen LogP contribution is 2.65. The Hall–Kier alpha value is -2.61. The van der Waals surface area contributed by atoms with Gasteiger partial charge in [-0.25, -0.2) is 0 Å². The minimum Gasteiger partial charge on any atom is -0.365 e. The molecule has 0 bridgehead atoms. The SMILES string of the molecule is CC1=C2C[C@H]3[C@@H](CC=C4CC(=O)CC[C@@]43C)[C@@H]2CC[C@]12O[C@@H]1C[C@H](C)CN(C(=O)CCc3ccc(C(=O)CCCCCNCCN)cc3)[C@H]1[C@H]2C. The number of nitrogens with one attached hydrogen (secondary N) is 1. The van der Waals surface area contributed by atoms with E-state index in [1.807, 2.05) is 24.3 Å². The molecule has 0 radical (unpaired) electrons. The van der Waals surface area contributed by atoms with Gasteiger partial charge in [-0.05, 0) is 111 Å². The first-order chi connectivity index (χ1) is 24.6. The number of hydrogen-bond acceptors (Lipinski definition) is 6. The molecule has 1 amide bonds. The fourth-order valence-corrected chi connectivity index (χ4v) is 11.8. The summed E-state index contributed by atoms with van der Waals surface area (Å²) in [4.78, 5) is 41.4. The smallest absolute Gasteiger partial charge is 0.223 e. The van der Waals surface area contributed by atoms with Crippen LogP contribution >= 0.6 is 0 Å². The van der Waals surface area contributed by atoms with Crippen molar-refractivity contribution in [1.82, 2.24) is 10.2 Å². The number of benzene rings is 1. The normalized spacial score (nSPS) is 35.7. The number of carbonyl (C=O) groups is 3. The van der Waals surface area contributed by atoms with Gasteiger partial charge in [0.25, 0.3) is 0 Å². The molecule has 0 aromatic heterocycles. The first-order valence-corrected chi connectivity index (χ1v) is 20.5. The van der Waals surface area contributed by atoms with Gasteiger partial charge < -0.3 is 20.7 Å². The molecule has 2 saturated heterocycles. The van der Waals surface area contributed by atoms with Crippen LogP contribution in [0.5, 0.6) is 0 Å². The second-order valence-electron chi connectivity index (χ2n) is 17.5. The van der Waals surface area contributed by atoms with E-state index < -0.39 is 0 Å². The lowest BCUT2D eigenvalue weighted by atomic mass is 9.57. The molecule has 6 aliphatic rings. The summed E-state index contributed by atoms with van der Waals surface area (Å²) >= 11 is 0. The summed E-state index contributed by atoms with van der Waals surface area (Å²) in [5, 5.41) is 3.30. The molecule has 2 saturated carbocycles. The Balaban J connectivity index is 0.986. The number of fused-ring (bicyclic) bond motifs is 6. The maximum Gasteiger partial charge on any atom is 0.223 e. The lowest BCUT2D eigenvalue weighted by Gasteiger charge is -2.47. The van der Waals surface area contributed by atoms with Gasteiger partial charge in [-0.2, -0.15) is 0 Å². The van der Waals surface area contributed by atoms with E-state index in [1.54, 1.807) is 5.57 Å². The van der Waals surface area contributed by atoms with Gasteiger partial charge in [0, 0.05) is 56.8 Å². The van der Waals surface area contributed by atoms with Crippen LogP contribution in [0.25, 0.3) is 0 Å². The van der Waals surface area contributed by atoms with Crippen molar-refractivity contribution in [2.45, 2.75) is 135 Å². The zero-order valence-electron chi connectivity index (χ0n) is 31.8. The number of unbranched alkanes of at least 4 members (excludes halogenated alkanes) is 2. The third-order valence-electron chi connectivity index (χ3n) is 14.7. The molecule has 4 fully saturated rings. The summed E-state index contributed by atoms with van der Waals surface area (Å²) in [7, 11) is 0. The lowest BCUT2D eigenvalue weighted by molar-refractivity contribution is -0.139. The number of piperidine rings is 1. The molecule has 278 valence electrons. The highest BCUT2D eigenvalue weighted by Gasteiger charge is 2.62. The molecule has 7 rings (SSSR count). The van der Waals surface area contributed by atoms with E-state index in [1.165, 1.54) is 17.6 Å². The molecular weight excluding hydrogens is 635 g/mol. The number of rotatable bonds is 12. The minimum atomic E-state index is -0.291. The molecular formula is C44H63N3O4. The van der Waals surface area contributed by atoms with Crippen molar-refractivity contribution in [2.24, 2.45) is 40.7 Å². The number of likely N-dealkylation sites (tertiary alicyclic amines) is 1. The first-order valence-electron chi connectivity index (χ1n) is 20.5. The van der Waals surface area contributed by atoms with Gasteiger partial charge in [0.1, 0.15) is 5.78 Å². The third kappa shape index (κ3) is 6.85. The molecule has 2 heterocycles. The van der Waals surface area contributed by atoms with E-state index in [0.717, 1.165) is 88.5 Å². The van der Waals surface area contributed by atoms with Gasteiger partial charge in [0.2, 0.25) is 5.91 Å². The predicted octanol–water partition coefficient (Wildman–Crippen LogP) is 7.37. The number of ether oxygens (including phenoxy) is 1. The van der Waals surface area contributed by atoms with Gasteiger partial charge in [-0.3, -0.25) is 14.4 Å². The van der Waals surface area contributed by atoms with Gasteiger partial charge >= 0.3 is 0 Å². The maximum atomic E-state index is 14.1. The molecule has 1 spiro atoms. The van der Waals surface area contributed by atoms with Crippen molar-refractivity contribution in [1.29, 1.82) is 0 Å². The van der Waals surface area contributed by atoms with Crippen molar-refractivity contribution in [3.63, 3.8) is 0 Å². The van der Waals surface area contributed by atoms with Crippen molar-refractivity contribution >= 4 is 17.5 Å². The monoisotopic (exact) mass is 697 g/mol. The largest absolute Gasteiger partial charge is 0.365 e. The summed E-state index contributed by atoms with van der Waals surface area (Å²) in [5.74, 6) is 3.43. The Bertz CT molecular complexity index is 1550. The molecule has 51 heavy (non-hydrogen) atoms. The Morgan fingerprint density at radius 3 is 2.65 bits per heavy atom. The maximum absolute atomic E-state index is 14.1. The van der Waals surface area contributed by atoms with Crippen LogP contribution in [-0.2, 0) is 20.7 Å². The molecule has 1 aromatic rings. The zero-order chi connectivity index (χ0) is 35.9. The molecule has 3 N–H and O–H groups in total. The third-order valence-corrected chi connectivity index (χ3v) is 14.7. The van der Waals surface area contributed by atoms with Crippen molar-refractivity contribution in [3.05, 3.63) is 58.2 Å². The van der Waals surface area contributed by atoms with Crippen LogP contribution in [0.15, 0.2) is 47.1 Å². The van der Waals surface area contributed by atoms with E-state index in [9.17, 15) is 14.4 Å². The summed E-state index contributed by atoms with van der Waals surface area (Å²) < 4.78 is 7.28. The minimum absolute atomic E-state index is 0.0751. The molecule has 1 aromatic carbocycles.